The van der Waals surface area contributed by atoms with E-state index in [2.05, 4.69) is 17.5 Å². The molecule has 0 radical (unpaired) electrons. The van der Waals surface area contributed by atoms with Gasteiger partial charge in [-0.1, -0.05) is 67.6 Å². The summed E-state index contributed by atoms with van der Waals surface area (Å²) in [5.74, 6) is -0.0963. The molecule has 1 aliphatic rings. The molecule has 1 aliphatic carbocycles. The van der Waals surface area contributed by atoms with Gasteiger partial charge >= 0.3 is 0 Å². The van der Waals surface area contributed by atoms with Crippen LogP contribution in [-0.2, 0) is 10.4 Å². The fourth-order valence-electron chi connectivity index (χ4n) is 3.48. The number of carbonyl (C=O) groups excluding carboxylic acids is 1. The summed E-state index contributed by atoms with van der Waals surface area (Å²) >= 11 is 0. The van der Waals surface area contributed by atoms with Gasteiger partial charge in [-0.05, 0) is 42.7 Å². The second kappa shape index (κ2) is 7.62. The van der Waals surface area contributed by atoms with E-state index in [9.17, 15) is 9.90 Å². The van der Waals surface area contributed by atoms with Gasteiger partial charge in [0.25, 0.3) is 5.91 Å². The SMILES string of the molecule is CC[C@H]1CCC/C1=N/NC(=O)C(O)(c1ccccc1)c1ccccc1. The normalized spacial score (nSPS) is 19.1. The van der Waals surface area contributed by atoms with Gasteiger partial charge < -0.3 is 5.11 Å². The molecule has 25 heavy (non-hydrogen) atoms. The molecule has 0 spiro atoms. The second-order valence-electron chi connectivity index (χ2n) is 6.48. The number of amides is 1. The Hall–Kier alpha value is -2.46. The van der Waals surface area contributed by atoms with Crippen LogP contribution in [0.2, 0.25) is 0 Å². The van der Waals surface area contributed by atoms with Gasteiger partial charge in [-0.2, -0.15) is 5.10 Å². The highest BCUT2D eigenvalue weighted by atomic mass is 16.3. The minimum atomic E-state index is -1.77. The molecule has 0 aliphatic heterocycles. The summed E-state index contributed by atoms with van der Waals surface area (Å²) < 4.78 is 0. The van der Waals surface area contributed by atoms with Crippen molar-refractivity contribution >= 4 is 11.6 Å². The Balaban J connectivity index is 1.93. The highest BCUT2D eigenvalue weighted by Crippen LogP contribution is 2.30. The van der Waals surface area contributed by atoms with Crippen molar-refractivity contribution in [3.63, 3.8) is 0 Å². The van der Waals surface area contributed by atoms with E-state index < -0.39 is 11.5 Å². The van der Waals surface area contributed by atoms with E-state index in [0.29, 0.717) is 17.0 Å². The Bertz CT molecular complexity index is 702. The van der Waals surface area contributed by atoms with Crippen LogP contribution in [0.1, 0.15) is 43.7 Å². The molecule has 2 aromatic carbocycles. The van der Waals surface area contributed by atoms with Gasteiger partial charge in [0.05, 0.1) is 0 Å². The summed E-state index contributed by atoms with van der Waals surface area (Å²) in [5.41, 5.74) is 2.93. The molecule has 2 aromatic rings. The van der Waals surface area contributed by atoms with Gasteiger partial charge in [0.1, 0.15) is 0 Å². The van der Waals surface area contributed by atoms with E-state index in [1.807, 2.05) is 36.4 Å². The van der Waals surface area contributed by atoms with Crippen LogP contribution in [0, 0.1) is 5.92 Å². The lowest BCUT2D eigenvalue weighted by Crippen LogP contribution is -2.44. The smallest absolute Gasteiger partial charge is 0.281 e. The van der Waals surface area contributed by atoms with E-state index in [-0.39, 0.29) is 0 Å². The highest BCUT2D eigenvalue weighted by Gasteiger charge is 2.40. The van der Waals surface area contributed by atoms with Crippen molar-refractivity contribution in [1.82, 2.24) is 5.43 Å². The van der Waals surface area contributed by atoms with Crippen LogP contribution in [0.25, 0.3) is 0 Å². The molecule has 0 unspecified atom stereocenters. The minimum absolute atomic E-state index is 0.432. The summed E-state index contributed by atoms with van der Waals surface area (Å²) in [6.45, 7) is 2.14. The monoisotopic (exact) mass is 336 g/mol. The molecule has 2 N–H and O–H groups in total. The first-order valence-electron chi connectivity index (χ1n) is 8.86. The molecule has 0 aromatic heterocycles. The molecule has 1 saturated carbocycles. The van der Waals surface area contributed by atoms with Crippen LogP contribution in [-0.4, -0.2) is 16.7 Å². The Morgan fingerprint density at radius 1 is 1.12 bits per heavy atom. The maximum atomic E-state index is 12.9. The Kier molecular flexibility index (Phi) is 5.29. The topological polar surface area (TPSA) is 61.7 Å². The zero-order chi connectivity index (χ0) is 17.7. The predicted molar refractivity (Wildman–Crippen MR) is 99.1 cm³/mol. The molecule has 1 fully saturated rings. The van der Waals surface area contributed by atoms with E-state index in [4.69, 9.17) is 0 Å². The number of carbonyl (C=O) groups is 1. The number of rotatable bonds is 5. The Labute approximate surface area is 148 Å². The fourth-order valence-corrected chi connectivity index (χ4v) is 3.48. The molecule has 1 amide bonds. The van der Waals surface area contributed by atoms with Crippen molar-refractivity contribution < 1.29 is 9.90 Å². The van der Waals surface area contributed by atoms with Gasteiger partial charge in [0.15, 0.2) is 5.60 Å². The molecule has 0 bridgehead atoms. The molecular formula is C21H24N2O2. The van der Waals surface area contributed by atoms with E-state index in [0.717, 1.165) is 31.4 Å². The van der Waals surface area contributed by atoms with E-state index >= 15 is 0 Å². The zero-order valence-corrected chi connectivity index (χ0v) is 14.5. The number of hydrogen-bond donors (Lipinski definition) is 2. The summed E-state index contributed by atoms with van der Waals surface area (Å²) in [7, 11) is 0. The van der Waals surface area contributed by atoms with Gasteiger partial charge in [0, 0.05) is 5.71 Å². The van der Waals surface area contributed by atoms with Crippen molar-refractivity contribution in [2.45, 2.75) is 38.2 Å². The largest absolute Gasteiger partial charge is 0.372 e. The summed E-state index contributed by atoms with van der Waals surface area (Å²) in [6.07, 6.45) is 4.16. The zero-order valence-electron chi connectivity index (χ0n) is 14.5. The first kappa shape index (κ1) is 17.4. The molecule has 0 heterocycles. The number of aliphatic hydroxyl groups is 1. The first-order valence-corrected chi connectivity index (χ1v) is 8.86. The van der Waals surface area contributed by atoms with Crippen LogP contribution in [0.3, 0.4) is 0 Å². The first-order chi connectivity index (χ1) is 12.2. The molecule has 3 rings (SSSR count). The number of benzene rings is 2. The quantitative estimate of drug-likeness (QED) is 0.820. The van der Waals surface area contributed by atoms with Crippen molar-refractivity contribution in [3.05, 3.63) is 71.8 Å². The lowest BCUT2D eigenvalue weighted by atomic mass is 9.85. The van der Waals surface area contributed by atoms with Crippen LogP contribution >= 0.6 is 0 Å². The van der Waals surface area contributed by atoms with Crippen LogP contribution < -0.4 is 5.43 Å². The molecule has 130 valence electrons. The number of hydrazone groups is 1. The maximum absolute atomic E-state index is 12.9. The van der Waals surface area contributed by atoms with Crippen molar-refractivity contribution in [1.29, 1.82) is 0 Å². The third-order valence-electron chi connectivity index (χ3n) is 4.96. The Morgan fingerprint density at radius 3 is 2.20 bits per heavy atom. The van der Waals surface area contributed by atoms with Gasteiger partial charge in [0.2, 0.25) is 0 Å². The van der Waals surface area contributed by atoms with Gasteiger partial charge in [-0.15, -0.1) is 0 Å². The van der Waals surface area contributed by atoms with Crippen LogP contribution in [0.5, 0.6) is 0 Å². The second-order valence-corrected chi connectivity index (χ2v) is 6.48. The lowest BCUT2D eigenvalue weighted by molar-refractivity contribution is -0.136. The fraction of sp³-hybridized carbons (Fsp3) is 0.333. The molecule has 0 saturated heterocycles. The maximum Gasteiger partial charge on any atom is 0.281 e. The highest BCUT2D eigenvalue weighted by molar-refractivity contribution is 5.93. The van der Waals surface area contributed by atoms with Crippen LogP contribution in [0.15, 0.2) is 65.8 Å². The number of nitrogens with one attached hydrogen (secondary N) is 1. The standard InChI is InChI=1S/C21H24N2O2/c1-2-16-10-9-15-19(16)22-23-20(24)21(25,17-11-5-3-6-12-17)18-13-7-4-8-14-18/h3-8,11-14,16,25H,2,9-10,15H2,1H3,(H,23,24)/b22-19-/t16-/m0/s1. The molecule has 1 atom stereocenters. The lowest BCUT2D eigenvalue weighted by Gasteiger charge is -2.27. The number of nitrogens with zero attached hydrogens (tertiary/aromatic N) is 1. The predicted octanol–water partition coefficient (Wildman–Crippen LogP) is 3.60. The third-order valence-corrected chi connectivity index (χ3v) is 4.96. The average Bonchev–Trinajstić information content (AvgIpc) is 3.14. The molecule has 4 heteroatoms. The third kappa shape index (κ3) is 3.49. The average molecular weight is 336 g/mol. The van der Waals surface area contributed by atoms with Gasteiger partial charge in [-0.25, -0.2) is 5.43 Å². The Morgan fingerprint density at radius 2 is 1.68 bits per heavy atom. The van der Waals surface area contributed by atoms with Crippen LogP contribution in [0.4, 0.5) is 0 Å². The summed E-state index contributed by atoms with van der Waals surface area (Å²) in [6, 6.07) is 18.0. The summed E-state index contributed by atoms with van der Waals surface area (Å²) in [4.78, 5) is 12.9. The minimum Gasteiger partial charge on any atom is -0.372 e. The summed E-state index contributed by atoms with van der Waals surface area (Å²) in [5, 5.41) is 15.7. The van der Waals surface area contributed by atoms with Gasteiger partial charge in [-0.3, -0.25) is 4.79 Å². The van der Waals surface area contributed by atoms with E-state index in [1.165, 1.54) is 0 Å². The number of hydrogen-bond acceptors (Lipinski definition) is 3. The molecular weight excluding hydrogens is 312 g/mol. The van der Waals surface area contributed by atoms with Crippen molar-refractivity contribution in [2.24, 2.45) is 11.0 Å². The van der Waals surface area contributed by atoms with Crippen molar-refractivity contribution in [2.75, 3.05) is 0 Å². The molecule has 4 nitrogen and oxygen atoms in total. The van der Waals surface area contributed by atoms with E-state index in [1.54, 1.807) is 24.3 Å². The van der Waals surface area contributed by atoms with Crippen molar-refractivity contribution in [3.8, 4) is 0 Å².